The Bertz CT molecular complexity index is 434. The van der Waals surface area contributed by atoms with Gasteiger partial charge in [0.2, 0.25) is 0 Å². The molecule has 6 heteroatoms. The Morgan fingerprint density at radius 3 is 2.50 bits per heavy atom. The minimum Gasteiger partial charge on any atom is -0.316 e. The molecule has 2 atom stereocenters. The van der Waals surface area contributed by atoms with Crippen LogP contribution in [-0.4, -0.2) is 56.3 Å². The lowest BCUT2D eigenvalue weighted by Gasteiger charge is -2.38. The second-order valence-corrected chi connectivity index (χ2v) is 8.63. The third-order valence-electron chi connectivity index (χ3n) is 5.45. The highest BCUT2D eigenvalue weighted by Gasteiger charge is 2.40. The summed E-state index contributed by atoms with van der Waals surface area (Å²) >= 11 is 0. The van der Waals surface area contributed by atoms with E-state index in [0.29, 0.717) is 24.9 Å². The number of nitrogens with zero attached hydrogens (tertiary/aromatic N) is 2. The van der Waals surface area contributed by atoms with Gasteiger partial charge in [0.05, 0.1) is 0 Å². The molecule has 0 aromatic rings. The fourth-order valence-electron chi connectivity index (χ4n) is 4.03. The van der Waals surface area contributed by atoms with E-state index in [0.717, 1.165) is 32.4 Å². The summed E-state index contributed by atoms with van der Waals surface area (Å²) < 4.78 is 29.0. The third-order valence-corrected chi connectivity index (χ3v) is 7.46. The molecule has 0 amide bonds. The van der Waals surface area contributed by atoms with Gasteiger partial charge < -0.3 is 5.32 Å². The van der Waals surface area contributed by atoms with Crippen molar-refractivity contribution in [2.24, 2.45) is 11.8 Å². The molecule has 2 aliphatic heterocycles. The van der Waals surface area contributed by atoms with Gasteiger partial charge in [-0.15, -0.1) is 0 Å². The van der Waals surface area contributed by atoms with Gasteiger partial charge in [0.25, 0.3) is 10.2 Å². The van der Waals surface area contributed by atoms with E-state index in [-0.39, 0.29) is 6.04 Å². The lowest BCUT2D eigenvalue weighted by atomic mass is 9.90. The molecule has 2 saturated heterocycles. The minimum atomic E-state index is -3.26. The lowest BCUT2D eigenvalue weighted by Crippen LogP contribution is -2.51. The molecule has 2 heterocycles. The van der Waals surface area contributed by atoms with Crippen LogP contribution < -0.4 is 5.32 Å². The summed E-state index contributed by atoms with van der Waals surface area (Å²) in [5.74, 6) is 1.19. The standard InChI is InChI=1S/C14H27N3O2S/c1-16(14-5-3-2-4-6-14)20(18,19)17-8-7-12-9-15-10-13(12)11-17/h12-15H,2-11H2,1H3. The van der Waals surface area contributed by atoms with Crippen LogP contribution in [0.25, 0.3) is 0 Å². The number of piperidine rings is 1. The predicted molar refractivity (Wildman–Crippen MR) is 79.6 cm³/mol. The average Bonchev–Trinajstić information content (AvgIpc) is 2.94. The number of hydrogen-bond donors (Lipinski definition) is 1. The summed E-state index contributed by atoms with van der Waals surface area (Å²) in [5, 5.41) is 3.39. The summed E-state index contributed by atoms with van der Waals surface area (Å²) in [4.78, 5) is 0. The van der Waals surface area contributed by atoms with E-state index in [1.165, 1.54) is 19.3 Å². The van der Waals surface area contributed by atoms with Gasteiger partial charge in [-0.3, -0.25) is 0 Å². The zero-order valence-electron chi connectivity index (χ0n) is 12.4. The molecule has 0 aromatic carbocycles. The molecule has 20 heavy (non-hydrogen) atoms. The zero-order chi connectivity index (χ0) is 14.2. The lowest BCUT2D eigenvalue weighted by molar-refractivity contribution is 0.203. The normalized spacial score (nSPS) is 33.5. The van der Waals surface area contributed by atoms with Crippen LogP contribution in [0.3, 0.4) is 0 Å². The van der Waals surface area contributed by atoms with Gasteiger partial charge in [-0.25, -0.2) is 0 Å². The molecule has 1 aliphatic carbocycles. The van der Waals surface area contributed by atoms with Gasteiger partial charge in [-0.2, -0.15) is 17.0 Å². The highest BCUT2D eigenvalue weighted by atomic mass is 32.2. The first-order valence-corrected chi connectivity index (χ1v) is 9.42. The van der Waals surface area contributed by atoms with E-state index in [1.54, 1.807) is 15.7 Å². The molecule has 1 N–H and O–H groups in total. The molecule has 0 aromatic heterocycles. The molecule has 1 saturated carbocycles. The second kappa shape index (κ2) is 5.91. The molecule has 3 fully saturated rings. The van der Waals surface area contributed by atoms with Crippen molar-refractivity contribution in [2.75, 3.05) is 33.2 Å². The van der Waals surface area contributed by atoms with Crippen LogP contribution in [0.1, 0.15) is 38.5 Å². The molecule has 2 unspecified atom stereocenters. The summed E-state index contributed by atoms with van der Waals surface area (Å²) in [5.41, 5.74) is 0. The van der Waals surface area contributed by atoms with Crippen molar-refractivity contribution in [3.63, 3.8) is 0 Å². The minimum absolute atomic E-state index is 0.216. The topological polar surface area (TPSA) is 52.7 Å². The first kappa shape index (κ1) is 14.8. The van der Waals surface area contributed by atoms with Crippen molar-refractivity contribution < 1.29 is 8.42 Å². The van der Waals surface area contributed by atoms with Gasteiger partial charge in [-0.05, 0) is 44.2 Å². The SMILES string of the molecule is CN(C1CCCCC1)S(=O)(=O)N1CCC2CNCC2C1. The number of hydrogen-bond acceptors (Lipinski definition) is 3. The molecule has 3 rings (SSSR count). The molecule has 116 valence electrons. The largest absolute Gasteiger partial charge is 0.316 e. The van der Waals surface area contributed by atoms with E-state index in [4.69, 9.17) is 0 Å². The van der Waals surface area contributed by atoms with E-state index in [2.05, 4.69) is 5.32 Å². The second-order valence-electron chi connectivity index (χ2n) is 6.64. The van der Waals surface area contributed by atoms with E-state index >= 15 is 0 Å². The molecule has 0 bridgehead atoms. The Balaban J connectivity index is 1.67. The molecular formula is C14H27N3O2S. The number of fused-ring (bicyclic) bond motifs is 1. The van der Waals surface area contributed by atoms with Crippen molar-refractivity contribution in [3.8, 4) is 0 Å². The highest BCUT2D eigenvalue weighted by molar-refractivity contribution is 7.86. The van der Waals surface area contributed by atoms with E-state index in [1.807, 2.05) is 0 Å². The van der Waals surface area contributed by atoms with Gasteiger partial charge in [0.15, 0.2) is 0 Å². The molecule has 5 nitrogen and oxygen atoms in total. The van der Waals surface area contributed by atoms with E-state index < -0.39 is 10.2 Å². The Kier molecular flexibility index (Phi) is 4.36. The van der Waals surface area contributed by atoms with Gasteiger partial charge >= 0.3 is 0 Å². The summed E-state index contributed by atoms with van der Waals surface area (Å²) in [6.45, 7) is 3.44. The monoisotopic (exact) mass is 301 g/mol. The summed E-state index contributed by atoms with van der Waals surface area (Å²) in [7, 11) is -1.48. The Morgan fingerprint density at radius 2 is 1.75 bits per heavy atom. The van der Waals surface area contributed by atoms with Gasteiger partial charge in [-0.1, -0.05) is 19.3 Å². The van der Waals surface area contributed by atoms with Crippen LogP contribution in [0.4, 0.5) is 0 Å². The van der Waals surface area contributed by atoms with Crippen LogP contribution in [-0.2, 0) is 10.2 Å². The maximum atomic E-state index is 12.8. The number of rotatable bonds is 3. The molecule has 0 spiro atoms. The van der Waals surface area contributed by atoms with Crippen LogP contribution >= 0.6 is 0 Å². The Labute approximate surface area is 122 Å². The fraction of sp³-hybridized carbons (Fsp3) is 1.00. The summed E-state index contributed by atoms with van der Waals surface area (Å²) in [6.07, 6.45) is 6.64. The van der Waals surface area contributed by atoms with Crippen molar-refractivity contribution >= 4 is 10.2 Å². The summed E-state index contributed by atoms with van der Waals surface area (Å²) in [6, 6.07) is 0.216. The van der Waals surface area contributed by atoms with E-state index in [9.17, 15) is 8.42 Å². The van der Waals surface area contributed by atoms with Crippen LogP contribution in [0, 0.1) is 11.8 Å². The maximum absolute atomic E-state index is 12.8. The Hall–Kier alpha value is -0.170. The molecule has 0 radical (unpaired) electrons. The predicted octanol–water partition coefficient (Wildman–Crippen LogP) is 1.04. The van der Waals surface area contributed by atoms with Crippen LogP contribution in [0.15, 0.2) is 0 Å². The first-order valence-electron chi connectivity index (χ1n) is 8.03. The van der Waals surface area contributed by atoms with Gasteiger partial charge in [0.1, 0.15) is 0 Å². The van der Waals surface area contributed by atoms with Crippen LogP contribution in [0.2, 0.25) is 0 Å². The Morgan fingerprint density at radius 1 is 1.05 bits per heavy atom. The van der Waals surface area contributed by atoms with Crippen molar-refractivity contribution in [1.29, 1.82) is 0 Å². The smallest absolute Gasteiger partial charge is 0.281 e. The molecule has 3 aliphatic rings. The quantitative estimate of drug-likeness (QED) is 0.847. The average molecular weight is 301 g/mol. The van der Waals surface area contributed by atoms with Crippen LogP contribution in [0.5, 0.6) is 0 Å². The third kappa shape index (κ3) is 2.75. The highest BCUT2D eigenvalue weighted by Crippen LogP contribution is 2.30. The number of nitrogens with one attached hydrogen (secondary N) is 1. The maximum Gasteiger partial charge on any atom is 0.281 e. The van der Waals surface area contributed by atoms with Crippen molar-refractivity contribution in [1.82, 2.24) is 13.9 Å². The fourth-order valence-corrected chi connectivity index (χ4v) is 5.69. The molecular weight excluding hydrogens is 274 g/mol. The van der Waals surface area contributed by atoms with Crippen molar-refractivity contribution in [3.05, 3.63) is 0 Å². The first-order chi connectivity index (χ1) is 9.59. The zero-order valence-corrected chi connectivity index (χ0v) is 13.2. The van der Waals surface area contributed by atoms with Gasteiger partial charge in [0, 0.05) is 26.2 Å². The van der Waals surface area contributed by atoms with Crippen molar-refractivity contribution in [2.45, 2.75) is 44.6 Å².